The Morgan fingerprint density at radius 3 is 2.74 bits per heavy atom. The van der Waals surface area contributed by atoms with Crippen LogP contribution in [-0.2, 0) is 6.61 Å². The minimum Gasteiger partial charge on any atom is -0.489 e. The van der Waals surface area contributed by atoms with Crippen molar-refractivity contribution in [1.29, 1.82) is 0 Å². The maximum atomic E-state index is 5.96. The van der Waals surface area contributed by atoms with Gasteiger partial charge in [0.15, 0.2) is 0 Å². The molecule has 0 fully saturated rings. The molecule has 0 amide bonds. The molecule has 0 spiro atoms. The van der Waals surface area contributed by atoms with E-state index in [1.807, 2.05) is 43.3 Å². The summed E-state index contributed by atoms with van der Waals surface area (Å²) in [5.74, 6) is 0.769. The van der Waals surface area contributed by atoms with E-state index < -0.39 is 0 Å². The topological polar surface area (TPSA) is 35.2 Å². The fourth-order valence-electron chi connectivity index (χ4n) is 1.77. The first kappa shape index (κ1) is 13.8. The molecule has 2 nitrogen and oxygen atoms in total. The maximum Gasteiger partial charge on any atom is 0.124 e. The molecule has 0 saturated carbocycles. The third-order valence-electron chi connectivity index (χ3n) is 2.82. The fourth-order valence-corrected chi connectivity index (χ4v) is 2.13. The van der Waals surface area contributed by atoms with E-state index >= 15 is 0 Å². The largest absolute Gasteiger partial charge is 0.489 e. The van der Waals surface area contributed by atoms with Crippen molar-refractivity contribution in [3.8, 4) is 5.75 Å². The van der Waals surface area contributed by atoms with E-state index in [0.717, 1.165) is 22.4 Å². The summed E-state index contributed by atoms with van der Waals surface area (Å²) in [6, 6.07) is 13.3. The average Bonchev–Trinajstić information content (AvgIpc) is 2.40. The molecule has 0 aromatic heterocycles. The van der Waals surface area contributed by atoms with Crippen LogP contribution in [0, 0.1) is 6.92 Å². The van der Waals surface area contributed by atoms with Gasteiger partial charge in [-0.1, -0.05) is 54.2 Å². The monoisotopic (exact) mass is 291 g/mol. The molecule has 2 aromatic rings. The van der Waals surface area contributed by atoms with Crippen LogP contribution in [0.3, 0.4) is 0 Å². The van der Waals surface area contributed by atoms with E-state index in [2.05, 4.69) is 0 Å². The summed E-state index contributed by atoms with van der Waals surface area (Å²) in [6.07, 6.45) is 0. The van der Waals surface area contributed by atoms with Crippen molar-refractivity contribution >= 4 is 28.8 Å². The number of aryl methyl sites for hydroxylation is 1. The molecule has 0 bridgehead atoms. The van der Waals surface area contributed by atoms with E-state index in [1.165, 1.54) is 0 Å². The molecule has 19 heavy (non-hydrogen) atoms. The lowest BCUT2D eigenvalue weighted by molar-refractivity contribution is 0.304. The highest BCUT2D eigenvalue weighted by Crippen LogP contribution is 2.24. The minimum atomic E-state index is 0.377. The molecular formula is C15H14ClNOS. The molecule has 0 aliphatic rings. The molecule has 98 valence electrons. The van der Waals surface area contributed by atoms with Crippen LogP contribution >= 0.6 is 23.8 Å². The van der Waals surface area contributed by atoms with Crippen molar-refractivity contribution in [2.24, 2.45) is 5.73 Å². The Kier molecular flexibility index (Phi) is 4.40. The van der Waals surface area contributed by atoms with Crippen LogP contribution in [0.25, 0.3) is 0 Å². The second-order valence-electron chi connectivity index (χ2n) is 4.22. The Hall–Kier alpha value is -1.58. The summed E-state index contributed by atoms with van der Waals surface area (Å²) < 4.78 is 5.79. The van der Waals surface area contributed by atoms with Gasteiger partial charge in [-0.25, -0.2) is 0 Å². The van der Waals surface area contributed by atoms with E-state index in [4.69, 9.17) is 34.3 Å². The normalized spacial score (nSPS) is 10.2. The predicted molar refractivity (Wildman–Crippen MR) is 82.9 cm³/mol. The lowest BCUT2D eigenvalue weighted by atomic mass is 10.1. The van der Waals surface area contributed by atoms with Crippen LogP contribution in [0.2, 0.25) is 5.02 Å². The Bertz CT molecular complexity index is 613. The van der Waals surface area contributed by atoms with Crippen molar-refractivity contribution in [2.75, 3.05) is 0 Å². The number of nitrogens with two attached hydrogens (primary N) is 1. The molecular weight excluding hydrogens is 278 g/mol. The smallest absolute Gasteiger partial charge is 0.124 e. The number of thiocarbonyl (C=S) groups is 1. The number of hydrogen-bond donors (Lipinski definition) is 1. The highest BCUT2D eigenvalue weighted by molar-refractivity contribution is 7.80. The van der Waals surface area contributed by atoms with Crippen molar-refractivity contribution in [1.82, 2.24) is 0 Å². The highest BCUT2D eigenvalue weighted by Gasteiger charge is 2.06. The van der Waals surface area contributed by atoms with Gasteiger partial charge in [-0.15, -0.1) is 0 Å². The van der Waals surface area contributed by atoms with Crippen LogP contribution in [0.4, 0.5) is 0 Å². The summed E-state index contributed by atoms with van der Waals surface area (Å²) >= 11 is 11.0. The summed E-state index contributed by atoms with van der Waals surface area (Å²) in [5, 5.41) is 0.656. The van der Waals surface area contributed by atoms with Gasteiger partial charge in [-0.05, 0) is 30.2 Å². The van der Waals surface area contributed by atoms with Gasteiger partial charge in [-0.2, -0.15) is 0 Å². The van der Waals surface area contributed by atoms with Gasteiger partial charge < -0.3 is 10.5 Å². The van der Waals surface area contributed by atoms with Gasteiger partial charge in [0, 0.05) is 10.6 Å². The zero-order valence-corrected chi connectivity index (χ0v) is 12.1. The minimum absolute atomic E-state index is 0.377. The molecule has 0 radical (unpaired) electrons. The zero-order chi connectivity index (χ0) is 13.8. The third-order valence-corrected chi connectivity index (χ3v) is 3.27. The molecule has 0 saturated heterocycles. The Balaban J connectivity index is 2.19. The van der Waals surface area contributed by atoms with Crippen LogP contribution in [0.15, 0.2) is 42.5 Å². The first-order chi connectivity index (χ1) is 9.08. The SMILES string of the molecule is Cc1ccc(Cl)cc1OCc1ccccc1C(N)=S. The number of rotatable bonds is 4. The number of hydrogen-bond acceptors (Lipinski definition) is 2. The molecule has 0 aliphatic carbocycles. The van der Waals surface area contributed by atoms with Gasteiger partial charge in [0.2, 0.25) is 0 Å². The summed E-state index contributed by atoms with van der Waals surface area (Å²) in [7, 11) is 0. The standard InChI is InChI=1S/C15H14ClNOS/c1-10-6-7-12(16)8-14(10)18-9-11-4-2-3-5-13(11)15(17)19/h2-8H,9H2,1H3,(H2,17,19). The van der Waals surface area contributed by atoms with Gasteiger partial charge >= 0.3 is 0 Å². The quantitative estimate of drug-likeness (QED) is 0.869. The molecule has 0 atom stereocenters. The first-order valence-corrected chi connectivity index (χ1v) is 6.63. The number of benzene rings is 2. The summed E-state index contributed by atoms with van der Waals surface area (Å²) in [5.41, 5.74) is 8.54. The average molecular weight is 292 g/mol. The third kappa shape index (κ3) is 3.46. The maximum absolute atomic E-state index is 5.96. The molecule has 0 aliphatic heterocycles. The second kappa shape index (κ2) is 6.04. The van der Waals surface area contributed by atoms with E-state index in [1.54, 1.807) is 6.07 Å². The second-order valence-corrected chi connectivity index (χ2v) is 5.10. The van der Waals surface area contributed by atoms with Gasteiger partial charge in [0.1, 0.15) is 17.3 Å². The molecule has 2 rings (SSSR count). The molecule has 0 unspecified atom stereocenters. The molecule has 2 aromatic carbocycles. The zero-order valence-electron chi connectivity index (χ0n) is 10.5. The Labute approximate surface area is 123 Å². The van der Waals surface area contributed by atoms with Gasteiger partial charge in [0.25, 0.3) is 0 Å². The predicted octanol–water partition coefficient (Wildman–Crippen LogP) is 3.86. The van der Waals surface area contributed by atoms with E-state index in [-0.39, 0.29) is 0 Å². The van der Waals surface area contributed by atoms with Gasteiger partial charge in [-0.3, -0.25) is 0 Å². The van der Waals surface area contributed by atoms with Crippen LogP contribution in [0.1, 0.15) is 16.7 Å². The molecule has 0 heterocycles. The molecule has 2 N–H and O–H groups in total. The van der Waals surface area contributed by atoms with E-state index in [0.29, 0.717) is 16.6 Å². The lowest BCUT2D eigenvalue weighted by Gasteiger charge is -2.12. The number of halogens is 1. The Morgan fingerprint density at radius 1 is 1.26 bits per heavy atom. The van der Waals surface area contributed by atoms with Crippen LogP contribution in [-0.4, -0.2) is 4.99 Å². The van der Waals surface area contributed by atoms with E-state index in [9.17, 15) is 0 Å². The van der Waals surface area contributed by atoms with Crippen molar-refractivity contribution in [3.05, 3.63) is 64.2 Å². The van der Waals surface area contributed by atoms with Crippen molar-refractivity contribution in [3.63, 3.8) is 0 Å². The Morgan fingerprint density at radius 2 is 2.00 bits per heavy atom. The first-order valence-electron chi connectivity index (χ1n) is 5.84. The van der Waals surface area contributed by atoms with Gasteiger partial charge in [0.05, 0.1) is 0 Å². The number of ether oxygens (including phenoxy) is 1. The fraction of sp³-hybridized carbons (Fsp3) is 0.133. The van der Waals surface area contributed by atoms with Crippen molar-refractivity contribution < 1.29 is 4.74 Å². The molecule has 4 heteroatoms. The van der Waals surface area contributed by atoms with Crippen LogP contribution < -0.4 is 10.5 Å². The summed E-state index contributed by atoms with van der Waals surface area (Å²) in [6.45, 7) is 2.39. The highest BCUT2D eigenvalue weighted by atomic mass is 35.5. The van der Waals surface area contributed by atoms with Crippen molar-refractivity contribution in [2.45, 2.75) is 13.5 Å². The lowest BCUT2D eigenvalue weighted by Crippen LogP contribution is -2.13. The van der Waals surface area contributed by atoms with Crippen LogP contribution in [0.5, 0.6) is 5.75 Å². The summed E-state index contributed by atoms with van der Waals surface area (Å²) in [4.78, 5) is 0.377.